The maximum Gasteiger partial charge on any atom is 0.124 e. The highest BCUT2D eigenvalue weighted by Gasteiger charge is 2.08. The van der Waals surface area contributed by atoms with Gasteiger partial charge in [0.2, 0.25) is 0 Å². The van der Waals surface area contributed by atoms with Crippen LogP contribution in [-0.2, 0) is 11.3 Å². The Morgan fingerprint density at radius 1 is 1.53 bits per heavy atom. The normalized spacial score (nSPS) is 12.7. The number of hydrogen-bond acceptors (Lipinski definition) is 3. The third-order valence-electron chi connectivity index (χ3n) is 2.44. The molecule has 0 spiro atoms. The third kappa shape index (κ3) is 5.12. The van der Waals surface area contributed by atoms with E-state index >= 15 is 0 Å². The van der Waals surface area contributed by atoms with Crippen LogP contribution in [0.5, 0.6) is 0 Å². The van der Waals surface area contributed by atoms with Gasteiger partial charge in [0, 0.05) is 30.8 Å². The van der Waals surface area contributed by atoms with E-state index in [0.717, 1.165) is 10.0 Å². The van der Waals surface area contributed by atoms with E-state index in [2.05, 4.69) is 21.2 Å². The Bertz CT molecular complexity index is 343. The number of aliphatic hydroxyl groups is 1. The highest BCUT2D eigenvalue weighted by molar-refractivity contribution is 9.10. The fourth-order valence-corrected chi connectivity index (χ4v) is 2.01. The zero-order valence-electron chi connectivity index (χ0n) is 9.75. The fraction of sp³-hybridized carbons (Fsp3) is 0.500. The summed E-state index contributed by atoms with van der Waals surface area (Å²) >= 11 is 3.31. The summed E-state index contributed by atoms with van der Waals surface area (Å²) in [6, 6.07) is 4.70. The summed E-state index contributed by atoms with van der Waals surface area (Å²) in [6.45, 7) is 1.26. The van der Waals surface area contributed by atoms with Crippen LogP contribution in [0, 0.1) is 5.82 Å². The van der Waals surface area contributed by atoms with E-state index in [0.29, 0.717) is 19.6 Å². The van der Waals surface area contributed by atoms with Crippen molar-refractivity contribution in [2.45, 2.75) is 19.0 Å². The molecule has 1 aromatic carbocycles. The van der Waals surface area contributed by atoms with Gasteiger partial charge in [0.15, 0.2) is 0 Å². The molecule has 0 aliphatic rings. The van der Waals surface area contributed by atoms with Gasteiger partial charge in [-0.2, -0.15) is 0 Å². The zero-order chi connectivity index (χ0) is 12.7. The van der Waals surface area contributed by atoms with Crippen LogP contribution >= 0.6 is 15.9 Å². The lowest BCUT2D eigenvalue weighted by atomic mass is 10.2. The van der Waals surface area contributed by atoms with Gasteiger partial charge in [-0.05, 0) is 24.1 Å². The van der Waals surface area contributed by atoms with E-state index in [1.165, 1.54) is 12.1 Å². The lowest BCUT2D eigenvalue weighted by Crippen LogP contribution is -2.33. The van der Waals surface area contributed by atoms with Crippen LogP contribution in [0.25, 0.3) is 0 Å². The van der Waals surface area contributed by atoms with E-state index in [9.17, 15) is 4.39 Å². The van der Waals surface area contributed by atoms with Crippen LogP contribution in [0.4, 0.5) is 4.39 Å². The molecule has 0 bridgehead atoms. The minimum Gasteiger partial charge on any atom is -0.396 e. The maximum atomic E-state index is 12.9. The van der Waals surface area contributed by atoms with Crippen molar-refractivity contribution < 1.29 is 14.2 Å². The average molecular weight is 306 g/mol. The summed E-state index contributed by atoms with van der Waals surface area (Å²) in [7, 11) is 1.62. The molecule has 0 saturated heterocycles. The van der Waals surface area contributed by atoms with Crippen LogP contribution in [0.2, 0.25) is 0 Å². The lowest BCUT2D eigenvalue weighted by molar-refractivity contribution is 0.148. The smallest absolute Gasteiger partial charge is 0.124 e. The van der Waals surface area contributed by atoms with Gasteiger partial charge in [0.25, 0.3) is 0 Å². The molecule has 2 N–H and O–H groups in total. The topological polar surface area (TPSA) is 41.5 Å². The van der Waals surface area contributed by atoms with Gasteiger partial charge in [-0.25, -0.2) is 4.39 Å². The van der Waals surface area contributed by atoms with Crippen LogP contribution in [-0.4, -0.2) is 31.5 Å². The molecule has 0 aromatic heterocycles. The van der Waals surface area contributed by atoms with E-state index in [1.54, 1.807) is 13.2 Å². The molecule has 0 radical (unpaired) electrons. The molecule has 96 valence electrons. The van der Waals surface area contributed by atoms with Gasteiger partial charge in [0.1, 0.15) is 5.82 Å². The Labute approximate surface area is 109 Å². The maximum absolute atomic E-state index is 12.9. The number of benzene rings is 1. The van der Waals surface area contributed by atoms with E-state index in [4.69, 9.17) is 9.84 Å². The predicted molar refractivity (Wildman–Crippen MR) is 68.3 cm³/mol. The SMILES string of the molecule is COCC(CCO)NCc1ccc(F)cc1Br. The van der Waals surface area contributed by atoms with Crippen molar-refractivity contribution in [3.63, 3.8) is 0 Å². The molecule has 17 heavy (non-hydrogen) atoms. The van der Waals surface area contributed by atoms with E-state index in [1.807, 2.05) is 0 Å². The third-order valence-corrected chi connectivity index (χ3v) is 3.18. The first-order valence-electron chi connectivity index (χ1n) is 5.44. The van der Waals surface area contributed by atoms with Crippen molar-refractivity contribution in [2.75, 3.05) is 20.3 Å². The number of halogens is 2. The highest BCUT2D eigenvalue weighted by Crippen LogP contribution is 2.17. The lowest BCUT2D eigenvalue weighted by Gasteiger charge is -2.17. The first kappa shape index (κ1) is 14.6. The Morgan fingerprint density at radius 3 is 2.88 bits per heavy atom. The Balaban J connectivity index is 2.52. The average Bonchev–Trinajstić information content (AvgIpc) is 2.28. The number of aliphatic hydroxyl groups excluding tert-OH is 1. The second-order valence-electron chi connectivity index (χ2n) is 3.78. The molecule has 1 rings (SSSR count). The molecule has 0 saturated carbocycles. The Hall–Kier alpha value is -0.490. The molecule has 5 heteroatoms. The number of nitrogens with one attached hydrogen (secondary N) is 1. The Kier molecular flexibility index (Phi) is 6.65. The quantitative estimate of drug-likeness (QED) is 0.810. The standard InChI is InChI=1S/C12H17BrFNO2/c1-17-8-11(4-5-16)15-7-9-2-3-10(14)6-12(9)13/h2-3,6,11,15-16H,4-5,7-8H2,1H3. The first-order chi connectivity index (χ1) is 8.17. The molecule has 0 aliphatic heterocycles. The molecule has 3 nitrogen and oxygen atoms in total. The van der Waals surface area contributed by atoms with Crippen LogP contribution in [0.1, 0.15) is 12.0 Å². The molecule has 0 amide bonds. The number of rotatable bonds is 7. The monoisotopic (exact) mass is 305 g/mol. The molecule has 0 fully saturated rings. The van der Waals surface area contributed by atoms with Gasteiger partial charge in [-0.1, -0.05) is 22.0 Å². The number of hydrogen-bond donors (Lipinski definition) is 2. The fourth-order valence-electron chi connectivity index (χ4n) is 1.52. The van der Waals surface area contributed by atoms with Gasteiger partial charge in [-0.3, -0.25) is 0 Å². The zero-order valence-corrected chi connectivity index (χ0v) is 11.3. The van der Waals surface area contributed by atoms with Crippen molar-refractivity contribution in [2.24, 2.45) is 0 Å². The molecule has 1 atom stereocenters. The Morgan fingerprint density at radius 2 is 2.29 bits per heavy atom. The van der Waals surface area contributed by atoms with Crippen molar-refractivity contribution in [3.8, 4) is 0 Å². The summed E-state index contributed by atoms with van der Waals surface area (Å²) in [5, 5.41) is 12.2. The van der Waals surface area contributed by atoms with E-state index in [-0.39, 0.29) is 18.5 Å². The second kappa shape index (κ2) is 7.76. The summed E-state index contributed by atoms with van der Waals surface area (Å²) < 4.78 is 18.7. The van der Waals surface area contributed by atoms with Gasteiger partial charge >= 0.3 is 0 Å². The predicted octanol–water partition coefficient (Wildman–Crippen LogP) is 2.08. The summed E-state index contributed by atoms with van der Waals surface area (Å²) in [6.07, 6.45) is 0.632. The largest absolute Gasteiger partial charge is 0.396 e. The summed E-state index contributed by atoms with van der Waals surface area (Å²) in [5.74, 6) is -0.260. The minimum absolute atomic E-state index is 0.0990. The van der Waals surface area contributed by atoms with Crippen molar-refractivity contribution in [1.29, 1.82) is 0 Å². The van der Waals surface area contributed by atoms with Gasteiger partial charge < -0.3 is 15.2 Å². The molecule has 1 aromatic rings. The summed E-state index contributed by atoms with van der Waals surface area (Å²) in [4.78, 5) is 0. The van der Waals surface area contributed by atoms with Crippen molar-refractivity contribution in [1.82, 2.24) is 5.32 Å². The highest BCUT2D eigenvalue weighted by atomic mass is 79.9. The van der Waals surface area contributed by atoms with E-state index < -0.39 is 0 Å². The van der Waals surface area contributed by atoms with Gasteiger partial charge in [-0.15, -0.1) is 0 Å². The molecular formula is C12H17BrFNO2. The van der Waals surface area contributed by atoms with Gasteiger partial charge in [0.05, 0.1) is 6.61 Å². The summed E-state index contributed by atoms with van der Waals surface area (Å²) in [5.41, 5.74) is 0.977. The molecular weight excluding hydrogens is 289 g/mol. The van der Waals surface area contributed by atoms with Crippen LogP contribution in [0.15, 0.2) is 22.7 Å². The second-order valence-corrected chi connectivity index (χ2v) is 4.64. The minimum atomic E-state index is -0.260. The van der Waals surface area contributed by atoms with Crippen LogP contribution < -0.4 is 5.32 Å². The van der Waals surface area contributed by atoms with Crippen LogP contribution in [0.3, 0.4) is 0 Å². The van der Waals surface area contributed by atoms with Crippen molar-refractivity contribution in [3.05, 3.63) is 34.1 Å². The first-order valence-corrected chi connectivity index (χ1v) is 6.23. The van der Waals surface area contributed by atoms with Crippen molar-refractivity contribution >= 4 is 15.9 Å². The number of ether oxygens (including phenoxy) is 1. The number of methoxy groups -OCH3 is 1. The molecule has 0 heterocycles. The molecule has 1 unspecified atom stereocenters. The molecule has 0 aliphatic carbocycles.